The average Bonchev–Trinajstić information content (AvgIpc) is 3.28. The smallest absolute Gasteiger partial charge is 0.262 e. The van der Waals surface area contributed by atoms with E-state index in [1.807, 2.05) is 24.3 Å². The van der Waals surface area contributed by atoms with Crippen molar-refractivity contribution >= 4 is 23.2 Å². The summed E-state index contributed by atoms with van der Waals surface area (Å²) in [5.74, 6) is -0.218. The van der Waals surface area contributed by atoms with E-state index in [2.05, 4.69) is 10.5 Å². The van der Waals surface area contributed by atoms with Crippen molar-refractivity contribution in [3.05, 3.63) is 94.9 Å². The Labute approximate surface area is 201 Å². The number of fused-ring (bicyclic) bond motifs is 3. The Hall–Kier alpha value is -4.46. The molecule has 0 aliphatic carbocycles. The molecule has 4 aromatic rings. The van der Waals surface area contributed by atoms with Gasteiger partial charge < -0.3 is 19.5 Å². The number of para-hydroxylation sites is 1. The highest BCUT2D eigenvalue weighted by Crippen LogP contribution is 2.37. The van der Waals surface area contributed by atoms with E-state index in [0.717, 1.165) is 11.1 Å². The van der Waals surface area contributed by atoms with Crippen LogP contribution in [0.25, 0.3) is 11.3 Å². The standard InChI is InChI=1S/C27H22FN3O4/c1-16-7-8-18(28)13-22(16)26(32)30-19-9-10-21(24(14-19)34-2)27(33)31-12-11-17-15-29-35-25(17)20-5-3-4-6-23(20)31/h3-10,13-15H,11-12H2,1-2H3,(H,30,32). The summed E-state index contributed by atoms with van der Waals surface area (Å²) in [6, 6.07) is 16.4. The lowest BCUT2D eigenvalue weighted by Gasteiger charge is -2.24. The van der Waals surface area contributed by atoms with Gasteiger partial charge in [0, 0.05) is 35.0 Å². The van der Waals surface area contributed by atoms with Gasteiger partial charge in [0.2, 0.25) is 0 Å². The first-order chi connectivity index (χ1) is 17.0. The molecule has 176 valence electrons. The molecule has 7 nitrogen and oxygen atoms in total. The van der Waals surface area contributed by atoms with E-state index in [4.69, 9.17) is 9.26 Å². The number of hydrogen-bond acceptors (Lipinski definition) is 5. The molecular formula is C27H22FN3O4. The van der Waals surface area contributed by atoms with Crippen molar-refractivity contribution in [2.75, 3.05) is 23.9 Å². The highest BCUT2D eigenvalue weighted by molar-refractivity contribution is 6.11. The molecule has 1 N–H and O–H groups in total. The van der Waals surface area contributed by atoms with Gasteiger partial charge in [-0.15, -0.1) is 0 Å². The number of anilines is 2. The normalized spacial score (nSPS) is 12.4. The van der Waals surface area contributed by atoms with E-state index < -0.39 is 11.7 Å². The number of halogens is 1. The first-order valence-corrected chi connectivity index (χ1v) is 11.1. The lowest BCUT2D eigenvalue weighted by Crippen LogP contribution is -2.32. The molecular weight excluding hydrogens is 449 g/mol. The number of rotatable bonds is 4. The molecule has 0 unspecified atom stereocenters. The zero-order valence-electron chi connectivity index (χ0n) is 19.2. The fraction of sp³-hybridized carbons (Fsp3) is 0.148. The van der Waals surface area contributed by atoms with Crippen molar-refractivity contribution in [3.8, 4) is 17.1 Å². The molecule has 0 radical (unpaired) electrons. The lowest BCUT2D eigenvalue weighted by molar-refractivity contribution is 0.0983. The molecule has 5 rings (SSSR count). The second-order valence-electron chi connectivity index (χ2n) is 8.23. The molecule has 35 heavy (non-hydrogen) atoms. The van der Waals surface area contributed by atoms with Crippen LogP contribution in [-0.2, 0) is 6.42 Å². The van der Waals surface area contributed by atoms with Crippen LogP contribution in [0.2, 0.25) is 0 Å². The lowest BCUT2D eigenvalue weighted by atomic mass is 10.1. The number of methoxy groups -OCH3 is 1. The van der Waals surface area contributed by atoms with E-state index in [9.17, 15) is 14.0 Å². The number of ether oxygens (including phenoxy) is 1. The van der Waals surface area contributed by atoms with Crippen LogP contribution in [0, 0.1) is 12.7 Å². The number of nitrogens with zero attached hydrogens (tertiary/aromatic N) is 2. The number of amides is 2. The Morgan fingerprint density at radius 1 is 1.09 bits per heavy atom. The van der Waals surface area contributed by atoms with Crippen LogP contribution in [0.3, 0.4) is 0 Å². The second kappa shape index (κ2) is 9.06. The average molecular weight is 471 g/mol. The Balaban J connectivity index is 1.45. The van der Waals surface area contributed by atoms with Crippen LogP contribution in [-0.4, -0.2) is 30.6 Å². The first-order valence-electron chi connectivity index (χ1n) is 11.1. The van der Waals surface area contributed by atoms with E-state index >= 15 is 0 Å². The van der Waals surface area contributed by atoms with Crippen molar-refractivity contribution in [3.63, 3.8) is 0 Å². The van der Waals surface area contributed by atoms with Crippen LogP contribution < -0.4 is 15.0 Å². The van der Waals surface area contributed by atoms with Crippen molar-refractivity contribution < 1.29 is 23.2 Å². The van der Waals surface area contributed by atoms with Crippen LogP contribution in [0.1, 0.15) is 31.8 Å². The summed E-state index contributed by atoms with van der Waals surface area (Å²) < 4.78 is 24.6. The quantitative estimate of drug-likeness (QED) is 0.439. The van der Waals surface area contributed by atoms with Gasteiger partial charge >= 0.3 is 0 Å². The van der Waals surface area contributed by atoms with Gasteiger partial charge in [0.25, 0.3) is 11.8 Å². The summed E-state index contributed by atoms with van der Waals surface area (Å²) in [5, 5.41) is 6.66. The van der Waals surface area contributed by atoms with Gasteiger partial charge in [-0.3, -0.25) is 9.59 Å². The zero-order valence-corrected chi connectivity index (χ0v) is 19.2. The molecule has 1 aliphatic rings. The van der Waals surface area contributed by atoms with Crippen molar-refractivity contribution in [1.82, 2.24) is 5.16 Å². The third kappa shape index (κ3) is 4.14. The molecule has 8 heteroatoms. The van der Waals surface area contributed by atoms with E-state index in [-0.39, 0.29) is 11.5 Å². The highest BCUT2D eigenvalue weighted by Gasteiger charge is 2.28. The molecule has 3 aromatic carbocycles. The number of aryl methyl sites for hydroxylation is 1. The minimum Gasteiger partial charge on any atom is -0.496 e. The van der Waals surface area contributed by atoms with E-state index in [1.54, 1.807) is 42.3 Å². The summed E-state index contributed by atoms with van der Waals surface area (Å²) >= 11 is 0. The molecule has 0 atom stereocenters. The number of benzene rings is 3. The minimum absolute atomic E-state index is 0.233. The molecule has 2 amide bonds. The predicted octanol–water partition coefficient (Wildman–Crippen LogP) is 5.25. The van der Waals surface area contributed by atoms with Gasteiger partial charge in [-0.1, -0.05) is 23.4 Å². The fourth-order valence-corrected chi connectivity index (χ4v) is 4.25. The van der Waals surface area contributed by atoms with Crippen LogP contribution >= 0.6 is 0 Å². The van der Waals surface area contributed by atoms with Crippen LogP contribution in [0.5, 0.6) is 5.75 Å². The molecule has 0 fully saturated rings. The molecule has 0 bridgehead atoms. The Morgan fingerprint density at radius 2 is 1.91 bits per heavy atom. The van der Waals surface area contributed by atoms with Gasteiger partial charge in [-0.2, -0.15) is 0 Å². The maximum absolute atomic E-state index is 13.7. The third-order valence-corrected chi connectivity index (χ3v) is 6.07. The van der Waals surface area contributed by atoms with Crippen LogP contribution in [0.15, 0.2) is 71.4 Å². The number of nitrogens with one attached hydrogen (secondary N) is 1. The summed E-state index contributed by atoms with van der Waals surface area (Å²) in [6.45, 7) is 2.17. The van der Waals surface area contributed by atoms with Gasteiger partial charge in [-0.05, 0) is 55.3 Å². The van der Waals surface area contributed by atoms with Crippen molar-refractivity contribution in [2.24, 2.45) is 0 Å². The zero-order chi connectivity index (χ0) is 24.5. The number of carbonyl (C=O) groups is 2. The first kappa shape index (κ1) is 22.3. The van der Waals surface area contributed by atoms with Crippen molar-refractivity contribution in [1.29, 1.82) is 0 Å². The SMILES string of the molecule is COc1cc(NC(=O)c2cc(F)ccc2C)ccc1C(=O)N1CCc2cnoc2-c2ccccc21. The topological polar surface area (TPSA) is 84.7 Å². The Morgan fingerprint density at radius 3 is 2.74 bits per heavy atom. The van der Waals surface area contributed by atoms with Crippen molar-refractivity contribution in [2.45, 2.75) is 13.3 Å². The molecule has 1 aliphatic heterocycles. The summed E-state index contributed by atoms with van der Waals surface area (Å²) in [7, 11) is 1.46. The second-order valence-corrected chi connectivity index (χ2v) is 8.23. The Kier molecular flexibility index (Phi) is 5.78. The third-order valence-electron chi connectivity index (χ3n) is 6.07. The Bertz CT molecular complexity index is 1450. The maximum atomic E-state index is 13.7. The minimum atomic E-state index is -0.492. The maximum Gasteiger partial charge on any atom is 0.262 e. The number of hydrogen-bond donors (Lipinski definition) is 1. The van der Waals surface area contributed by atoms with E-state index in [0.29, 0.717) is 47.0 Å². The van der Waals surface area contributed by atoms with Gasteiger partial charge in [0.05, 0.1) is 24.6 Å². The largest absolute Gasteiger partial charge is 0.496 e. The van der Waals surface area contributed by atoms with Gasteiger partial charge in [0.15, 0.2) is 5.76 Å². The van der Waals surface area contributed by atoms with Gasteiger partial charge in [0.1, 0.15) is 11.6 Å². The molecule has 1 aromatic heterocycles. The number of carbonyl (C=O) groups excluding carboxylic acids is 2. The van der Waals surface area contributed by atoms with E-state index in [1.165, 1.54) is 19.2 Å². The molecule has 0 spiro atoms. The monoisotopic (exact) mass is 471 g/mol. The molecule has 2 heterocycles. The highest BCUT2D eigenvalue weighted by atomic mass is 19.1. The fourth-order valence-electron chi connectivity index (χ4n) is 4.25. The summed E-state index contributed by atoms with van der Waals surface area (Å²) in [4.78, 5) is 28.1. The summed E-state index contributed by atoms with van der Waals surface area (Å²) in [5.41, 5.74) is 4.10. The summed E-state index contributed by atoms with van der Waals surface area (Å²) in [6.07, 6.45) is 2.27. The molecule has 0 saturated heterocycles. The van der Waals surface area contributed by atoms with Crippen LogP contribution in [0.4, 0.5) is 15.8 Å². The van der Waals surface area contributed by atoms with Gasteiger partial charge in [-0.25, -0.2) is 4.39 Å². The molecule has 0 saturated carbocycles. The predicted molar refractivity (Wildman–Crippen MR) is 129 cm³/mol. The number of aromatic nitrogens is 1.